The number of nitrogens with zero attached hydrogens (tertiary/aromatic N) is 2. The lowest BCUT2D eigenvalue weighted by Crippen LogP contribution is -2.30. The summed E-state index contributed by atoms with van der Waals surface area (Å²) in [6, 6.07) is 1.37. The Balaban J connectivity index is 3.21. The van der Waals surface area contributed by atoms with Crippen molar-refractivity contribution in [2.45, 2.75) is 20.4 Å². The minimum Gasteiger partial charge on any atom is -0.368 e. The molecule has 0 aromatic carbocycles. The maximum atomic E-state index is 11.3. The molecule has 0 spiro atoms. The van der Waals surface area contributed by atoms with Crippen LogP contribution in [0.5, 0.6) is 0 Å². The molecule has 5 heteroatoms. The molecule has 13 heavy (non-hydrogen) atoms. The van der Waals surface area contributed by atoms with Gasteiger partial charge in [0, 0.05) is 11.8 Å². The van der Waals surface area contributed by atoms with Crippen LogP contribution < -0.4 is 11.3 Å². The van der Waals surface area contributed by atoms with Gasteiger partial charge in [0.15, 0.2) is 0 Å². The quantitative estimate of drug-likeness (QED) is 0.658. The highest BCUT2D eigenvalue weighted by Crippen LogP contribution is 1.92. The van der Waals surface area contributed by atoms with E-state index in [2.05, 4.69) is 4.98 Å². The molecule has 0 bridgehead atoms. The lowest BCUT2D eigenvalue weighted by molar-refractivity contribution is -0.118. The largest absolute Gasteiger partial charge is 0.368 e. The Kier molecular flexibility index (Phi) is 2.46. The van der Waals surface area contributed by atoms with Crippen LogP contribution in [-0.2, 0) is 11.3 Å². The summed E-state index contributed by atoms with van der Waals surface area (Å²) in [7, 11) is 0. The van der Waals surface area contributed by atoms with E-state index in [-0.39, 0.29) is 12.1 Å². The topological polar surface area (TPSA) is 78.0 Å². The molecular weight excluding hydrogens is 170 g/mol. The average molecular weight is 181 g/mol. The molecule has 2 N–H and O–H groups in total. The Morgan fingerprint density at radius 3 is 2.69 bits per heavy atom. The van der Waals surface area contributed by atoms with Crippen LogP contribution in [0, 0.1) is 13.8 Å². The van der Waals surface area contributed by atoms with Gasteiger partial charge in [0.1, 0.15) is 12.4 Å². The lowest BCUT2D eigenvalue weighted by atomic mass is 10.4. The van der Waals surface area contributed by atoms with Gasteiger partial charge in [-0.1, -0.05) is 0 Å². The molecule has 0 radical (unpaired) electrons. The summed E-state index contributed by atoms with van der Waals surface area (Å²) in [6.07, 6.45) is 0. The van der Waals surface area contributed by atoms with Crippen LogP contribution >= 0.6 is 0 Å². The third-order valence-electron chi connectivity index (χ3n) is 1.64. The van der Waals surface area contributed by atoms with Crippen molar-refractivity contribution in [3.63, 3.8) is 0 Å². The number of nitrogens with two attached hydrogens (primary N) is 1. The fraction of sp³-hybridized carbons (Fsp3) is 0.375. The number of hydrogen-bond acceptors (Lipinski definition) is 3. The number of hydrogen-bond donors (Lipinski definition) is 1. The molecule has 0 saturated carbocycles. The highest BCUT2D eigenvalue weighted by molar-refractivity contribution is 5.73. The van der Waals surface area contributed by atoms with E-state index in [1.807, 2.05) is 0 Å². The van der Waals surface area contributed by atoms with Gasteiger partial charge in [-0.3, -0.25) is 14.2 Å². The predicted molar refractivity (Wildman–Crippen MR) is 47.2 cm³/mol. The van der Waals surface area contributed by atoms with Gasteiger partial charge in [-0.25, -0.2) is 4.98 Å². The zero-order valence-corrected chi connectivity index (χ0v) is 7.57. The predicted octanol–water partition coefficient (Wildman–Crippen LogP) is -0.655. The standard InChI is InChI=1S/C8H11N3O2/c1-5-3-8(13)11(4-7(9)12)6(2)10-5/h3H,4H2,1-2H3,(H2,9,12). The molecule has 0 saturated heterocycles. The van der Waals surface area contributed by atoms with E-state index in [4.69, 9.17) is 5.73 Å². The summed E-state index contributed by atoms with van der Waals surface area (Å²) in [4.78, 5) is 25.9. The van der Waals surface area contributed by atoms with E-state index in [1.54, 1.807) is 13.8 Å². The minimum atomic E-state index is -0.546. The maximum Gasteiger partial charge on any atom is 0.254 e. The van der Waals surface area contributed by atoms with Crippen molar-refractivity contribution in [3.8, 4) is 0 Å². The number of aryl methyl sites for hydroxylation is 2. The van der Waals surface area contributed by atoms with E-state index >= 15 is 0 Å². The molecule has 0 aliphatic heterocycles. The molecular formula is C8H11N3O2. The molecule has 0 fully saturated rings. The highest BCUT2D eigenvalue weighted by atomic mass is 16.2. The number of rotatable bonds is 2. The van der Waals surface area contributed by atoms with E-state index in [0.29, 0.717) is 11.5 Å². The Hall–Kier alpha value is -1.65. The van der Waals surface area contributed by atoms with Gasteiger partial charge in [-0.15, -0.1) is 0 Å². The molecule has 70 valence electrons. The Labute approximate surface area is 75.2 Å². The van der Waals surface area contributed by atoms with E-state index in [1.165, 1.54) is 10.6 Å². The van der Waals surface area contributed by atoms with Crippen LogP contribution in [0.15, 0.2) is 10.9 Å². The molecule has 5 nitrogen and oxygen atoms in total. The molecule has 1 aromatic rings. The Morgan fingerprint density at radius 1 is 1.62 bits per heavy atom. The molecule has 1 aromatic heterocycles. The fourth-order valence-electron chi connectivity index (χ4n) is 1.11. The van der Waals surface area contributed by atoms with Crippen molar-refractivity contribution < 1.29 is 4.79 Å². The lowest BCUT2D eigenvalue weighted by Gasteiger charge is -2.06. The smallest absolute Gasteiger partial charge is 0.254 e. The van der Waals surface area contributed by atoms with Crippen LogP contribution in [-0.4, -0.2) is 15.5 Å². The summed E-state index contributed by atoms with van der Waals surface area (Å²) >= 11 is 0. The summed E-state index contributed by atoms with van der Waals surface area (Å²) in [5.74, 6) is -0.0420. The number of amides is 1. The van der Waals surface area contributed by atoms with Gasteiger partial charge in [0.2, 0.25) is 5.91 Å². The first-order valence-corrected chi connectivity index (χ1v) is 3.84. The van der Waals surface area contributed by atoms with Crippen molar-refractivity contribution in [1.82, 2.24) is 9.55 Å². The van der Waals surface area contributed by atoms with Crippen LogP contribution in [0.25, 0.3) is 0 Å². The first-order chi connectivity index (χ1) is 6.00. The number of aromatic nitrogens is 2. The molecule has 1 amide bonds. The third kappa shape index (κ3) is 2.14. The molecule has 0 aliphatic carbocycles. The summed E-state index contributed by atoms with van der Waals surface area (Å²) < 4.78 is 1.25. The van der Waals surface area contributed by atoms with Crippen LogP contribution in [0.1, 0.15) is 11.5 Å². The second-order valence-electron chi connectivity index (χ2n) is 2.84. The van der Waals surface area contributed by atoms with Crippen molar-refractivity contribution in [2.24, 2.45) is 5.73 Å². The first kappa shape index (κ1) is 9.44. The number of primary amides is 1. The van der Waals surface area contributed by atoms with Crippen molar-refractivity contribution >= 4 is 5.91 Å². The van der Waals surface area contributed by atoms with Crippen LogP contribution in [0.3, 0.4) is 0 Å². The summed E-state index contributed by atoms with van der Waals surface area (Å²) in [5.41, 5.74) is 5.37. The SMILES string of the molecule is Cc1cc(=O)n(CC(N)=O)c(C)n1. The summed E-state index contributed by atoms with van der Waals surface area (Å²) in [5, 5.41) is 0. The number of carbonyl (C=O) groups excluding carboxylic acids is 1. The van der Waals surface area contributed by atoms with Gasteiger partial charge in [0.25, 0.3) is 5.56 Å². The normalized spacial score (nSPS) is 10.0. The van der Waals surface area contributed by atoms with Gasteiger partial charge in [-0.2, -0.15) is 0 Å². The molecule has 1 heterocycles. The zero-order valence-electron chi connectivity index (χ0n) is 7.57. The number of carbonyl (C=O) groups is 1. The van der Waals surface area contributed by atoms with Gasteiger partial charge in [0.05, 0.1) is 0 Å². The molecule has 0 atom stereocenters. The highest BCUT2D eigenvalue weighted by Gasteiger charge is 2.04. The van der Waals surface area contributed by atoms with Crippen LogP contribution in [0.2, 0.25) is 0 Å². The van der Waals surface area contributed by atoms with E-state index in [9.17, 15) is 9.59 Å². The van der Waals surface area contributed by atoms with Crippen molar-refractivity contribution in [3.05, 3.63) is 27.9 Å². The van der Waals surface area contributed by atoms with Gasteiger partial charge >= 0.3 is 0 Å². The maximum absolute atomic E-state index is 11.3. The average Bonchev–Trinajstić information content (AvgIpc) is 1.96. The van der Waals surface area contributed by atoms with Crippen molar-refractivity contribution in [1.29, 1.82) is 0 Å². The van der Waals surface area contributed by atoms with E-state index < -0.39 is 5.91 Å². The zero-order chi connectivity index (χ0) is 10.0. The molecule has 0 aliphatic rings. The molecule has 1 rings (SSSR count). The monoisotopic (exact) mass is 181 g/mol. The third-order valence-corrected chi connectivity index (χ3v) is 1.64. The van der Waals surface area contributed by atoms with Gasteiger partial charge < -0.3 is 5.73 Å². The van der Waals surface area contributed by atoms with Crippen LogP contribution in [0.4, 0.5) is 0 Å². The first-order valence-electron chi connectivity index (χ1n) is 3.84. The second kappa shape index (κ2) is 3.38. The summed E-state index contributed by atoms with van der Waals surface area (Å²) in [6.45, 7) is 3.28. The second-order valence-corrected chi connectivity index (χ2v) is 2.84. The minimum absolute atomic E-state index is 0.113. The molecule has 0 unspecified atom stereocenters. The fourth-order valence-corrected chi connectivity index (χ4v) is 1.11. The Bertz CT molecular complexity index is 395. The van der Waals surface area contributed by atoms with Gasteiger partial charge in [-0.05, 0) is 13.8 Å². The van der Waals surface area contributed by atoms with Crippen molar-refractivity contribution in [2.75, 3.05) is 0 Å². The Morgan fingerprint density at radius 2 is 2.23 bits per heavy atom. The van der Waals surface area contributed by atoms with E-state index in [0.717, 1.165) is 0 Å².